The minimum Gasteiger partial charge on any atom is -0.392 e. The van der Waals surface area contributed by atoms with Gasteiger partial charge in [0.1, 0.15) is 0 Å². The Morgan fingerprint density at radius 1 is 1.33 bits per heavy atom. The Labute approximate surface area is 104 Å². The van der Waals surface area contributed by atoms with Crippen LogP contribution in [0.2, 0.25) is 0 Å². The zero-order chi connectivity index (χ0) is 10.7. The molecule has 1 N–H and O–H groups in total. The van der Waals surface area contributed by atoms with Crippen LogP contribution in [0.5, 0.6) is 0 Å². The van der Waals surface area contributed by atoms with E-state index >= 15 is 0 Å². The van der Waals surface area contributed by atoms with E-state index in [4.69, 9.17) is 0 Å². The second kappa shape index (κ2) is 5.27. The first kappa shape index (κ1) is 11.4. The quantitative estimate of drug-likeness (QED) is 0.667. The fourth-order valence-corrected chi connectivity index (χ4v) is 2.86. The SMILES string of the molecule is O[C@@H]1CCN(Cc2ccccc2)C[C@@H]1I. The van der Waals surface area contributed by atoms with Crippen molar-refractivity contribution in [3.8, 4) is 0 Å². The smallest absolute Gasteiger partial charge is 0.0682 e. The van der Waals surface area contributed by atoms with Gasteiger partial charge in [-0.25, -0.2) is 0 Å². The zero-order valence-electron chi connectivity index (χ0n) is 8.64. The minimum absolute atomic E-state index is 0.113. The zero-order valence-corrected chi connectivity index (χ0v) is 10.8. The van der Waals surface area contributed by atoms with Crippen LogP contribution >= 0.6 is 22.6 Å². The summed E-state index contributed by atoms with van der Waals surface area (Å²) in [6.07, 6.45) is 0.790. The fraction of sp³-hybridized carbons (Fsp3) is 0.500. The molecule has 0 aliphatic carbocycles. The number of nitrogens with zero attached hydrogens (tertiary/aromatic N) is 1. The maximum Gasteiger partial charge on any atom is 0.0682 e. The maximum atomic E-state index is 9.63. The van der Waals surface area contributed by atoms with Crippen LogP contribution in [0.15, 0.2) is 30.3 Å². The number of alkyl halides is 1. The number of halogens is 1. The molecule has 2 atom stereocenters. The molecule has 15 heavy (non-hydrogen) atoms. The van der Waals surface area contributed by atoms with Gasteiger partial charge in [0.05, 0.1) is 6.10 Å². The number of piperidine rings is 1. The Balaban J connectivity index is 1.91. The van der Waals surface area contributed by atoms with E-state index in [1.807, 2.05) is 6.07 Å². The largest absolute Gasteiger partial charge is 0.392 e. The van der Waals surface area contributed by atoms with Gasteiger partial charge in [-0.3, -0.25) is 4.90 Å². The van der Waals surface area contributed by atoms with E-state index in [0.717, 1.165) is 26.1 Å². The van der Waals surface area contributed by atoms with Gasteiger partial charge in [0.25, 0.3) is 0 Å². The molecule has 3 heteroatoms. The van der Waals surface area contributed by atoms with Gasteiger partial charge in [0, 0.05) is 23.6 Å². The van der Waals surface area contributed by atoms with Crippen molar-refractivity contribution in [3.63, 3.8) is 0 Å². The van der Waals surface area contributed by atoms with Crippen molar-refractivity contribution in [2.75, 3.05) is 13.1 Å². The average Bonchev–Trinajstić information content (AvgIpc) is 2.25. The molecule has 1 aliphatic heterocycles. The van der Waals surface area contributed by atoms with Gasteiger partial charge in [0.2, 0.25) is 0 Å². The number of rotatable bonds is 2. The Kier molecular flexibility index (Phi) is 3.99. The molecule has 0 saturated carbocycles. The second-order valence-corrected chi connectivity index (χ2v) is 5.69. The van der Waals surface area contributed by atoms with E-state index in [2.05, 4.69) is 51.8 Å². The highest BCUT2D eigenvalue weighted by atomic mass is 127. The summed E-state index contributed by atoms with van der Waals surface area (Å²) in [6, 6.07) is 10.5. The van der Waals surface area contributed by atoms with Gasteiger partial charge in [0.15, 0.2) is 0 Å². The van der Waals surface area contributed by atoms with Crippen LogP contribution in [0.1, 0.15) is 12.0 Å². The summed E-state index contributed by atoms with van der Waals surface area (Å²) in [5.41, 5.74) is 1.36. The molecule has 1 saturated heterocycles. The third-order valence-electron chi connectivity index (χ3n) is 2.84. The monoisotopic (exact) mass is 317 g/mol. The van der Waals surface area contributed by atoms with Gasteiger partial charge in [-0.15, -0.1) is 0 Å². The summed E-state index contributed by atoms with van der Waals surface area (Å²) in [5, 5.41) is 9.63. The van der Waals surface area contributed by atoms with Crippen LogP contribution in [0.4, 0.5) is 0 Å². The van der Waals surface area contributed by atoms with Crippen LogP contribution < -0.4 is 0 Å². The standard InChI is InChI=1S/C12H16INO/c13-11-9-14(7-6-12(11)15)8-10-4-2-1-3-5-10/h1-5,11-12,15H,6-9H2/t11-,12+/m0/s1. The molecule has 1 aromatic rings. The van der Waals surface area contributed by atoms with E-state index in [0.29, 0.717) is 3.92 Å². The Hall–Kier alpha value is -0.130. The number of benzene rings is 1. The van der Waals surface area contributed by atoms with Crippen molar-refractivity contribution in [3.05, 3.63) is 35.9 Å². The molecule has 2 rings (SSSR count). The van der Waals surface area contributed by atoms with Crippen LogP contribution in [0, 0.1) is 0 Å². The first-order valence-corrected chi connectivity index (χ1v) is 6.58. The van der Waals surface area contributed by atoms with E-state index in [9.17, 15) is 5.11 Å². The highest BCUT2D eigenvalue weighted by molar-refractivity contribution is 14.1. The first-order valence-electron chi connectivity index (χ1n) is 5.34. The lowest BCUT2D eigenvalue weighted by Gasteiger charge is -2.33. The molecule has 0 radical (unpaired) electrons. The summed E-state index contributed by atoms with van der Waals surface area (Å²) < 4.78 is 0.375. The number of aliphatic hydroxyl groups is 1. The lowest BCUT2D eigenvalue weighted by molar-refractivity contribution is 0.0908. The molecule has 1 aliphatic rings. The minimum atomic E-state index is -0.113. The fourth-order valence-electron chi connectivity index (χ4n) is 1.94. The molecule has 1 heterocycles. The van der Waals surface area contributed by atoms with Crippen molar-refractivity contribution in [1.82, 2.24) is 4.90 Å². The van der Waals surface area contributed by atoms with Gasteiger partial charge in [-0.2, -0.15) is 0 Å². The van der Waals surface area contributed by atoms with Gasteiger partial charge < -0.3 is 5.11 Å². The highest BCUT2D eigenvalue weighted by Crippen LogP contribution is 2.19. The Morgan fingerprint density at radius 2 is 2.07 bits per heavy atom. The molecule has 0 bridgehead atoms. The van der Waals surface area contributed by atoms with E-state index in [1.54, 1.807) is 0 Å². The van der Waals surface area contributed by atoms with Crippen molar-refractivity contribution in [1.29, 1.82) is 0 Å². The van der Waals surface area contributed by atoms with Crippen LogP contribution in [0.25, 0.3) is 0 Å². The Bertz CT molecular complexity index is 304. The van der Waals surface area contributed by atoms with Crippen molar-refractivity contribution in [2.45, 2.75) is 23.0 Å². The lowest BCUT2D eigenvalue weighted by Crippen LogP contribution is -2.43. The molecule has 0 aromatic heterocycles. The average molecular weight is 317 g/mol. The lowest BCUT2D eigenvalue weighted by atomic mass is 10.1. The molecular formula is C12H16INO. The van der Waals surface area contributed by atoms with E-state index in [-0.39, 0.29) is 6.10 Å². The maximum absolute atomic E-state index is 9.63. The predicted molar refractivity (Wildman–Crippen MR) is 70.2 cm³/mol. The molecule has 1 aromatic carbocycles. The normalized spacial score (nSPS) is 27.9. The molecule has 0 spiro atoms. The second-order valence-electron chi connectivity index (χ2n) is 4.09. The third-order valence-corrected chi connectivity index (χ3v) is 4.06. The highest BCUT2D eigenvalue weighted by Gasteiger charge is 2.25. The van der Waals surface area contributed by atoms with Gasteiger partial charge in [-0.1, -0.05) is 52.9 Å². The topological polar surface area (TPSA) is 23.5 Å². The van der Waals surface area contributed by atoms with Crippen molar-refractivity contribution >= 4 is 22.6 Å². The van der Waals surface area contributed by atoms with E-state index < -0.39 is 0 Å². The molecule has 1 fully saturated rings. The summed E-state index contributed by atoms with van der Waals surface area (Å²) in [7, 11) is 0. The van der Waals surface area contributed by atoms with E-state index in [1.165, 1.54) is 5.56 Å². The third kappa shape index (κ3) is 3.16. The molecule has 2 nitrogen and oxygen atoms in total. The first-order chi connectivity index (χ1) is 7.25. The van der Waals surface area contributed by atoms with Crippen molar-refractivity contribution < 1.29 is 5.11 Å². The molecular weight excluding hydrogens is 301 g/mol. The predicted octanol–water partition coefficient (Wildman–Crippen LogP) is 2.06. The Morgan fingerprint density at radius 3 is 2.73 bits per heavy atom. The van der Waals surface area contributed by atoms with Gasteiger partial charge >= 0.3 is 0 Å². The van der Waals surface area contributed by atoms with Crippen LogP contribution in [-0.2, 0) is 6.54 Å². The molecule has 0 amide bonds. The summed E-state index contributed by atoms with van der Waals surface area (Å²) in [4.78, 5) is 2.42. The number of hydrogen-bond acceptors (Lipinski definition) is 2. The molecule has 82 valence electrons. The number of aliphatic hydroxyl groups excluding tert-OH is 1. The number of hydrogen-bond donors (Lipinski definition) is 1. The van der Waals surface area contributed by atoms with Crippen LogP contribution in [0.3, 0.4) is 0 Å². The van der Waals surface area contributed by atoms with Crippen LogP contribution in [-0.4, -0.2) is 33.1 Å². The summed E-state index contributed by atoms with van der Waals surface area (Å²) in [5.74, 6) is 0. The van der Waals surface area contributed by atoms with Crippen molar-refractivity contribution in [2.24, 2.45) is 0 Å². The van der Waals surface area contributed by atoms with Gasteiger partial charge in [-0.05, 0) is 12.0 Å². The molecule has 0 unspecified atom stereocenters. The summed E-state index contributed by atoms with van der Waals surface area (Å²) in [6.45, 7) is 3.01. The number of likely N-dealkylation sites (tertiary alicyclic amines) is 1. The summed E-state index contributed by atoms with van der Waals surface area (Å²) >= 11 is 2.35.